The number of imidazole rings is 1. The number of nitrogens with zero attached hydrogens (tertiary/aromatic N) is 3. The van der Waals surface area contributed by atoms with Crippen molar-refractivity contribution in [2.75, 3.05) is 12.3 Å². The van der Waals surface area contributed by atoms with E-state index in [9.17, 15) is 0 Å². The monoisotopic (exact) mass is 268 g/mol. The molecule has 5 nitrogen and oxygen atoms in total. The summed E-state index contributed by atoms with van der Waals surface area (Å²) in [5.74, 6) is 1.28. The highest BCUT2D eigenvalue weighted by Crippen LogP contribution is 2.23. The maximum Gasteiger partial charge on any atom is 0.207 e. The third-order valence-electron chi connectivity index (χ3n) is 3.01. The summed E-state index contributed by atoms with van der Waals surface area (Å²) in [4.78, 5) is 8.65. The zero-order valence-electron chi connectivity index (χ0n) is 11.3. The van der Waals surface area contributed by atoms with E-state index in [2.05, 4.69) is 16.9 Å². The molecule has 0 fully saturated rings. The van der Waals surface area contributed by atoms with Crippen molar-refractivity contribution in [1.82, 2.24) is 14.5 Å². The van der Waals surface area contributed by atoms with Crippen LogP contribution in [0.3, 0.4) is 0 Å². The molecule has 102 valence electrons. The first-order valence-corrected chi connectivity index (χ1v) is 6.62. The van der Waals surface area contributed by atoms with E-state index in [-0.39, 0.29) is 0 Å². The third kappa shape index (κ3) is 2.18. The third-order valence-corrected chi connectivity index (χ3v) is 3.01. The van der Waals surface area contributed by atoms with Crippen LogP contribution in [-0.2, 0) is 0 Å². The van der Waals surface area contributed by atoms with Crippen LogP contribution in [0.5, 0.6) is 5.75 Å². The molecule has 0 unspecified atom stereocenters. The molecule has 20 heavy (non-hydrogen) atoms. The molecule has 1 aromatic carbocycles. The maximum atomic E-state index is 5.98. The molecule has 0 saturated heterocycles. The number of ether oxygens (including phenoxy) is 1. The highest BCUT2D eigenvalue weighted by Gasteiger charge is 2.10. The number of pyridine rings is 1. The second-order valence-electron chi connectivity index (χ2n) is 4.49. The quantitative estimate of drug-likeness (QED) is 0.790. The van der Waals surface area contributed by atoms with E-state index in [1.54, 1.807) is 6.20 Å². The van der Waals surface area contributed by atoms with E-state index < -0.39 is 0 Å². The van der Waals surface area contributed by atoms with Crippen LogP contribution in [-0.4, -0.2) is 21.1 Å². The summed E-state index contributed by atoms with van der Waals surface area (Å²) in [7, 11) is 0. The first-order chi connectivity index (χ1) is 9.79. The van der Waals surface area contributed by atoms with Crippen LogP contribution in [0.1, 0.15) is 13.3 Å². The Hall–Kier alpha value is -2.56. The number of fused-ring (bicyclic) bond motifs is 1. The normalized spacial score (nSPS) is 10.8. The van der Waals surface area contributed by atoms with Gasteiger partial charge in [0, 0.05) is 6.20 Å². The topological polar surface area (TPSA) is 66.0 Å². The summed E-state index contributed by atoms with van der Waals surface area (Å²) in [6.07, 6.45) is 2.73. The Labute approximate surface area is 117 Å². The molecule has 0 atom stereocenters. The number of hydrogen-bond acceptors (Lipinski definition) is 4. The number of nitrogens with two attached hydrogens (primary N) is 1. The highest BCUT2D eigenvalue weighted by molar-refractivity contribution is 5.76. The number of aromatic nitrogens is 3. The van der Waals surface area contributed by atoms with Gasteiger partial charge in [-0.1, -0.05) is 6.92 Å². The lowest BCUT2D eigenvalue weighted by atomic mass is 10.3. The van der Waals surface area contributed by atoms with Crippen molar-refractivity contribution in [2.45, 2.75) is 13.3 Å². The standard InChI is InChI=1S/C15H16N4O/c1-2-10-20-12-7-5-11(6-8-12)19-14-13(18-15(19)16)4-3-9-17-14/h3-9H,2,10H2,1H3,(H2,16,18). The van der Waals surface area contributed by atoms with Gasteiger partial charge in [-0.05, 0) is 42.8 Å². The number of rotatable bonds is 4. The minimum Gasteiger partial charge on any atom is -0.494 e. The van der Waals surface area contributed by atoms with Gasteiger partial charge in [-0.2, -0.15) is 0 Å². The molecule has 0 aliphatic rings. The Kier molecular flexibility index (Phi) is 3.25. The summed E-state index contributed by atoms with van der Waals surface area (Å²) in [6.45, 7) is 2.80. The highest BCUT2D eigenvalue weighted by atomic mass is 16.5. The minimum atomic E-state index is 0.431. The molecule has 5 heteroatoms. The lowest BCUT2D eigenvalue weighted by molar-refractivity contribution is 0.317. The number of nitrogen functional groups attached to an aromatic ring is 1. The molecule has 0 bridgehead atoms. The average molecular weight is 268 g/mol. The minimum absolute atomic E-state index is 0.431. The van der Waals surface area contributed by atoms with Crippen LogP contribution >= 0.6 is 0 Å². The number of anilines is 1. The van der Waals surface area contributed by atoms with E-state index in [4.69, 9.17) is 10.5 Å². The van der Waals surface area contributed by atoms with Gasteiger partial charge in [0.2, 0.25) is 5.95 Å². The predicted octanol–water partition coefficient (Wildman–Crippen LogP) is 2.79. The van der Waals surface area contributed by atoms with Gasteiger partial charge in [0.1, 0.15) is 11.3 Å². The average Bonchev–Trinajstić information content (AvgIpc) is 2.81. The van der Waals surface area contributed by atoms with Crippen molar-refractivity contribution in [3.8, 4) is 11.4 Å². The summed E-state index contributed by atoms with van der Waals surface area (Å²) >= 11 is 0. The number of hydrogen-bond donors (Lipinski definition) is 1. The van der Waals surface area contributed by atoms with Gasteiger partial charge in [-0.15, -0.1) is 0 Å². The Bertz CT molecular complexity index is 718. The predicted molar refractivity (Wildman–Crippen MR) is 79.1 cm³/mol. The zero-order chi connectivity index (χ0) is 13.9. The Morgan fingerprint density at radius 1 is 1.20 bits per heavy atom. The lowest BCUT2D eigenvalue weighted by Crippen LogP contribution is -2.01. The smallest absolute Gasteiger partial charge is 0.207 e. The largest absolute Gasteiger partial charge is 0.494 e. The van der Waals surface area contributed by atoms with Crippen LogP contribution in [0, 0.1) is 0 Å². The van der Waals surface area contributed by atoms with Crippen molar-refractivity contribution in [1.29, 1.82) is 0 Å². The fourth-order valence-electron chi connectivity index (χ4n) is 2.10. The van der Waals surface area contributed by atoms with E-state index in [0.29, 0.717) is 5.95 Å². The molecule has 0 spiro atoms. The van der Waals surface area contributed by atoms with Gasteiger partial charge >= 0.3 is 0 Å². The first-order valence-electron chi connectivity index (χ1n) is 6.62. The van der Waals surface area contributed by atoms with Crippen molar-refractivity contribution in [3.05, 3.63) is 42.6 Å². The van der Waals surface area contributed by atoms with Crippen molar-refractivity contribution in [2.24, 2.45) is 0 Å². The molecular weight excluding hydrogens is 252 g/mol. The van der Waals surface area contributed by atoms with Gasteiger partial charge in [0.25, 0.3) is 0 Å². The molecule has 2 aromatic heterocycles. The van der Waals surface area contributed by atoms with E-state index in [1.165, 1.54) is 0 Å². The maximum absolute atomic E-state index is 5.98. The number of benzene rings is 1. The first kappa shape index (κ1) is 12.5. The fraction of sp³-hybridized carbons (Fsp3) is 0.200. The zero-order valence-corrected chi connectivity index (χ0v) is 11.3. The van der Waals surface area contributed by atoms with Crippen molar-refractivity contribution >= 4 is 17.1 Å². The van der Waals surface area contributed by atoms with Gasteiger partial charge in [-0.25, -0.2) is 9.97 Å². The van der Waals surface area contributed by atoms with Crippen LogP contribution in [0.15, 0.2) is 42.6 Å². The summed E-state index contributed by atoms with van der Waals surface area (Å²) < 4.78 is 7.41. The molecule has 3 rings (SSSR count). The van der Waals surface area contributed by atoms with Crippen molar-refractivity contribution in [3.63, 3.8) is 0 Å². The second-order valence-corrected chi connectivity index (χ2v) is 4.49. The summed E-state index contributed by atoms with van der Waals surface area (Å²) in [5, 5.41) is 0. The molecule has 3 aromatic rings. The van der Waals surface area contributed by atoms with Crippen LogP contribution < -0.4 is 10.5 Å². The van der Waals surface area contributed by atoms with Gasteiger partial charge in [-0.3, -0.25) is 4.57 Å². The van der Waals surface area contributed by atoms with Crippen LogP contribution in [0.2, 0.25) is 0 Å². The van der Waals surface area contributed by atoms with E-state index >= 15 is 0 Å². The van der Waals surface area contributed by atoms with Crippen molar-refractivity contribution < 1.29 is 4.74 Å². The molecule has 2 heterocycles. The molecule has 0 aliphatic carbocycles. The van der Waals surface area contributed by atoms with Crippen LogP contribution in [0.25, 0.3) is 16.9 Å². The van der Waals surface area contributed by atoms with E-state index in [0.717, 1.165) is 35.6 Å². The molecule has 0 saturated carbocycles. The molecule has 0 amide bonds. The fourth-order valence-corrected chi connectivity index (χ4v) is 2.10. The molecule has 2 N–H and O–H groups in total. The van der Waals surface area contributed by atoms with Gasteiger partial charge in [0.05, 0.1) is 12.3 Å². The summed E-state index contributed by atoms with van der Waals surface area (Å²) in [5.41, 5.74) is 8.45. The molecular formula is C15H16N4O. The van der Waals surface area contributed by atoms with Gasteiger partial charge < -0.3 is 10.5 Å². The lowest BCUT2D eigenvalue weighted by Gasteiger charge is -2.08. The Morgan fingerprint density at radius 3 is 2.75 bits per heavy atom. The molecule has 0 aliphatic heterocycles. The van der Waals surface area contributed by atoms with Crippen LogP contribution in [0.4, 0.5) is 5.95 Å². The van der Waals surface area contributed by atoms with Gasteiger partial charge in [0.15, 0.2) is 5.65 Å². The Balaban J connectivity index is 2.00. The second kappa shape index (κ2) is 5.21. The SMILES string of the molecule is CCCOc1ccc(-n2c(N)nc3cccnc32)cc1. The Morgan fingerprint density at radius 2 is 2.00 bits per heavy atom. The molecule has 0 radical (unpaired) electrons. The summed E-state index contributed by atoms with van der Waals surface area (Å²) in [6, 6.07) is 11.5. The van der Waals surface area contributed by atoms with E-state index in [1.807, 2.05) is 41.0 Å².